The number of rotatable bonds is 6. The maximum Gasteiger partial charge on any atom is 0.373 e. The molecule has 0 heterocycles. The van der Waals surface area contributed by atoms with Gasteiger partial charge in [-0.15, -0.1) is 0 Å². The molecule has 1 aliphatic rings. The first-order chi connectivity index (χ1) is 16.9. The van der Waals surface area contributed by atoms with E-state index in [4.69, 9.17) is 19.6 Å². The summed E-state index contributed by atoms with van der Waals surface area (Å²) in [4.78, 5) is 47.8. The Morgan fingerprint density at radius 3 is 1.00 bits per heavy atom. The molecule has 6 heteroatoms. The van der Waals surface area contributed by atoms with Gasteiger partial charge in [-0.25, -0.2) is 9.59 Å². The zero-order valence-electron chi connectivity index (χ0n) is 23.4. The van der Waals surface area contributed by atoms with Gasteiger partial charge in [-0.2, -0.15) is 9.78 Å². The van der Waals surface area contributed by atoms with Crippen LogP contribution < -0.4 is 0 Å². The van der Waals surface area contributed by atoms with Gasteiger partial charge in [0.05, 0.1) is 11.1 Å². The Morgan fingerprint density at radius 2 is 0.722 bits per heavy atom. The van der Waals surface area contributed by atoms with Crippen molar-refractivity contribution in [1.29, 1.82) is 0 Å². The first kappa shape index (κ1) is 27.9. The minimum Gasteiger partial charge on any atom is -0.292 e. The van der Waals surface area contributed by atoms with E-state index in [0.717, 1.165) is 57.3 Å². The fourth-order valence-corrected chi connectivity index (χ4v) is 5.19. The molecule has 1 saturated carbocycles. The second-order valence-corrected chi connectivity index (χ2v) is 10.3. The van der Waals surface area contributed by atoms with Gasteiger partial charge in [0.25, 0.3) is 0 Å². The smallest absolute Gasteiger partial charge is 0.292 e. The minimum atomic E-state index is -0.521. The van der Waals surface area contributed by atoms with E-state index < -0.39 is 24.1 Å². The summed E-state index contributed by atoms with van der Waals surface area (Å²) >= 11 is 0. The highest BCUT2D eigenvalue weighted by atomic mass is 17.2. The van der Waals surface area contributed by atoms with Gasteiger partial charge >= 0.3 is 11.9 Å². The third-order valence-electron chi connectivity index (χ3n) is 8.54. The second-order valence-electron chi connectivity index (χ2n) is 10.3. The average Bonchev–Trinajstić information content (AvgIpc) is 2.86. The summed E-state index contributed by atoms with van der Waals surface area (Å²) in [7, 11) is 0. The molecule has 196 valence electrons. The van der Waals surface area contributed by atoms with Crippen LogP contribution >= 0.6 is 0 Å². The third-order valence-corrected chi connectivity index (χ3v) is 8.54. The predicted molar refractivity (Wildman–Crippen MR) is 139 cm³/mol. The molecule has 1 fully saturated rings. The van der Waals surface area contributed by atoms with Crippen LogP contribution in [0.5, 0.6) is 0 Å². The van der Waals surface area contributed by atoms with Gasteiger partial charge in [-0.1, -0.05) is 12.8 Å². The van der Waals surface area contributed by atoms with Crippen LogP contribution in [0.4, 0.5) is 0 Å². The highest BCUT2D eigenvalue weighted by Gasteiger charge is 2.32. The lowest BCUT2D eigenvalue weighted by atomic mass is 9.90. The largest absolute Gasteiger partial charge is 0.373 e. The first-order valence-electron chi connectivity index (χ1n) is 12.8. The molecule has 2 unspecified atom stereocenters. The van der Waals surface area contributed by atoms with Gasteiger partial charge in [-0.3, -0.25) is 9.78 Å². The van der Waals surface area contributed by atoms with E-state index in [-0.39, 0.29) is 0 Å². The van der Waals surface area contributed by atoms with Crippen LogP contribution in [0.1, 0.15) is 102 Å². The van der Waals surface area contributed by atoms with Crippen molar-refractivity contribution in [3.05, 3.63) is 66.8 Å². The lowest BCUT2D eigenvalue weighted by molar-refractivity contribution is -0.352. The van der Waals surface area contributed by atoms with Crippen LogP contribution in [0.2, 0.25) is 0 Å². The summed E-state index contributed by atoms with van der Waals surface area (Å²) in [5.74, 6) is -1.04. The molecule has 0 amide bonds. The number of benzene rings is 2. The second kappa shape index (κ2) is 11.1. The van der Waals surface area contributed by atoms with Crippen molar-refractivity contribution in [2.75, 3.05) is 0 Å². The summed E-state index contributed by atoms with van der Waals surface area (Å²) in [5, 5.41) is 0. The molecule has 6 nitrogen and oxygen atoms in total. The third kappa shape index (κ3) is 5.21. The van der Waals surface area contributed by atoms with Crippen LogP contribution in [0.15, 0.2) is 0 Å². The maximum atomic E-state index is 13.0. The highest BCUT2D eigenvalue weighted by molar-refractivity contribution is 5.94. The first-order valence-corrected chi connectivity index (χ1v) is 12.8. The van der Waals surface area contributed by atoms with Gasteiger partial charge in [0.2, 0.25) is 0 Å². The molecule has 0 radical (unpaired) electrons. The Labute approximate surface area is 215 Å². The molecule has 36 heavy (non-hydrogen) atoms. The minimum absolute atomic E-state index is 0.519. The Balaban J connectivity index is 1.70. The Morgan fingerprint density at radius 1 is 0.472 bits per heavy atom. The molecule has 0 N–H and O–H groups in total. The molecule has 0 aromatic heterocycles. The molecule has 3 rings (SSSR count). The van der Waals surface area contributed by atoms with E-state index in [2.05, 4.69) is 13.8 Å². The molecule has 1 aliphatic carbocycles. The van der Waals surface area contributed by atoms with Crippen molar-refractivity contribution in [2.24, 2.45) is 0 Å². The van der Waals surface area contributed by atoms with Gasteiger partial charge in [0, 0.05) is 0 Å². The number of carbonyl (C=O) groups is 2. The van der Waals surface area contributed by atoms with Crippen molar-refractivity contribution < 1.29 is 29.1 Å². The van der Waals surface area contributed by atoms with E-state index >= 15 is 0 Å². The SMILES string of the molecule is Cc1c(C)c(C)c(C(=O)OOC2CCCCC2OOC(=O)c2c(C)c(C)c(C)c(C)c2C)c(C)c1C. The maximum absolute atomic E-state index is 13.0. The summed E-state index contributed by atoms with van der Waals surface area (Å²) in [6.45, 7) is 19.9. The average molecular weight is 497 g/mol. The van der Waals surface area contributed by atoms with Gasteiger partial charge in [-0.05, 0) is 138 Å². The van der Waals surface area contributed by atoms with Crippen LogP contribution in [0, 0.1) is 69.2 Å². The Kier molecular flexibility index (Phi) is 8.63. The van der Waals surface area contributed by atoms with E-state index in [9.17, 15) is 9.59 Å². The Hall–Kier alpha value is -2.70. The van der Waals surface area contributed by atoms with Gasteiger partial charge in [0.1, 0.15) is 12.2 Å². The fourth-order valence-electron chi connectivity index (χ4n) is 5.19. The van der Waals surface area contributed by atoms with E-state index in [1.807, 2.05) is 55.4 Å². The summed E-state index contributed by atoms with van der Waals surface area (Å²) in [5.41, 5.74) is 11.3. The zero-order valence-corrected chi connectivity index (χ0v) is 23.4. The van der Waals surface area contributed by atoms with Crippen LogP contribution in [0.3, 0.4) is 0 Å². The molecule has 0 bridgehead atoms. The standard InChI is InChI=1S/C30H40O6/c1-15-17(3)21(7)27(22(8)18(15)4)29(31)35-33-25-13-11-12-14-26(25)34-36-30(32)28-23(9)19(5)16(2)20(6)24(28)10/h25-26H,11-14H2,1-10H3. The van der Waals surface area contributed by atoms with Crippen LogP contribution in [0.25, 0.3) is 0 Å². The number of hydrogen-bond donors (Lipinski definition) is 0. The van der Waals surface area contributed by atoms with E-state index in [1.54, 1.807) is 0 Å². The molecule has 0 spiro atoms. The monoisotopic (exact) mass is 496 g/mol. The van der Waals surface area contributed by atoms with Gasteiger partial charge in [0.15, 0.2) is 0 Å². The molecule has 2 aromatic rings. The zero-order chi connectivity index (χ0) is 26.9. The number of carbonyl (C=O) groups excluding carboxylic acids is 2. The quantitative estimate of drug-likeness (QED) is 0.318. The fraction of sp³-hybridized carbons (Fsp3) is 0.533. The van der Waals surface area contributed by atoms with Crippen molar-refractivity contribution in [3.63, 3.8) is 0 Å². The lowest BCUT2D eigenvalue weighted by Crippen LogP contribution is -2.36. The van der Waals surface area contributed by atoms with Crippen molar-refractivity contribution >= 4 is 11.9 Å². The Bertz CT molecular complexity index is 1040. The van der Waals surface area contributed by atoms with E-state index in [1.165, 1.54) is 11.1 Å². The van der Waals surface area contributed by atoms with Gasteiger partial charge < -0.3 is 0 Å². The molecule has 0 aliphatic heterocycles. The topological polar surface area (TPSA) is 71.1 Å². The molecule has 2 atom stereocenters. The van der Waals surface area contributed by atoms with Crippen molar-refractivity contribution in [3.8, 4) is 0 Å². The molecule has 0 saturated heterocycles. The predicted octanol–water partition coefficient (Wildman–Crippen LogP) is 6.96. The van der Waals surface area contributed by atoms with E-state index in [0.29, 0.717) is 24.0 Å². The summed E-state index contributed by atoms with van der Waals surface area (Å²) < 4.78 is 0. The molecular formula is C30H40O6. The van der Waals surface area contributed by atoms with Crippen molar-refractivity contribution in [1.82, 2.24) is 0 Å². The molecule has 2 aromatic carbocycles. The normalized spacial score (nSPS) is 17.7. The number of hydrogen-bond acceptors (Lipinski definition) is 6. The van der Waals surface area contributed by atoms with Crippen molar-refractivity contribution in [2.45, 2.75) is 107 Å². The molecular weight excluding hydrogens is 456 g/mol. The lowest BCUT2D eigenvalue weighted by Gasteiger charge is -2.28. The summed E-state index contributed by atoms with van der Waals surface area (Å²) in [6.07, 6.45) is 2.05. The van der Waals surface area contributed by atoms with Crippen LogP contribution in [-0.4, -0.2) is 24.1 Å². The summed E-state index contributed by atoms with van der Waals surface area (Å²) in [6, 6.07) is 0. The highest BCUT2D eigenvalue weighted by Crippen LogP contribution is 2.30. The van der Waals surface area contributed by atoms with Crippen LogP contribution in [-0.2, 0) is 19.6 Å².